The van der Waals surface area contributed by atoms with Gasteiger partial charge in [0, 0.05) is 37.0 Å². The first kappa shape index (κ1) is 19.1. The van der Waals surface area contributed by atoms with Crippen molar-refractivity contribution in [1.29, 1.82) is 0 Å². The van der Waals surface area contributed by atoms with Crippen molar-refractivity contribution in [3.63, 3.8) is 0 Å². The zero-order chi connectivity index (χ0) is 19.3. The maximum absolute atomic E-state index is 11.3. The van der Waals surface area contributed by atoms with Crippen LogP contribution in [0.2, 0.25) is 0 Å². The Kier molecular flexibility index (Phi) is 6.01. The molecule has 0 amide bonds. The van der Waals surface area contributed by atoms with E-state index in [0.717, 1.165) is 43.9 Å². The summed E-state index contributed by atoms with van der Waals surface area (Å²) in [7, 11) is 0. The van der Waals surface area contributed by atoms with Crippen LogP contribution >= 0.6 is 0 Å². The number of carboxylic acid groups (broad SMARTS) is 1. The molecule has 2 fully saturated rings. The molecule has 0 spiro atoms. The lowest BCUT2D eigenvalue weighted by molar-refractivity contribution is 0.0696. The van der Waals surface area contributed by atoms with Crippen LogP contribution in [0, 0.1) is 0 Å². The average Bonchev–Trinajstić information content (AvgIpc) is 2.75. The maximum atomic E-state index is 11.3. The lowest BCUT2D eigenvalue weighted by Crippen LogP contribution is -2.34. The normalized spacial score (nSPS) is 21.5. The Morgan fingerprint density at radius 1 is 1.04 bits per heavy atom. The summed E-state index contributed by atoms with van der Waals surface area (Å²) in [5, 5.41) is 9.25. The van der Waals surface area contributed by atoms with Crippen LogP contribution in [0.4, 0.5) is 0 Å². The minimum absolute atomic E-state index is 0.376. The van der Waals surface area contributed by atoms with Crippen molar-refractivity contribution in [2.24, 2.45) is 0 Å². The quantitative estimate of drug-likeness (QED) is 0.822. The molecule has 0 unspecified atom stereocenters. The predicted octanol–water partition coefficient (Wildman–Crippen LogP) is 4.60. The second kappa shape index (κ2) is 8.82. The van der Waals surface area contributed by atoms with Gasteiger partial charge in [0.05, 0.1) is 5.56 Å². The Bertz CT molecular complexity index is 800. The number of carboxylic acids is 1. The second-order valence-electron chi connectivity index (χ2n) is 8.29. The fraction of sp³-hybridized carbons (Fsp3) is 0.522. The number of aromatic nitrogens is 2. The number of aromatic carboxylic acids is 1. The van der Waals surface area contributed by atoms with E-state index in [9.17, 15) is 9.90 Å². The Labute approximate surface area is 166 Å². The molecule has 1 N–H and O–H groups in total. The lowest BCUT2D eigenvalue weighted by Gasteiger charge is -2.33. The van der Waals surface area contributed by atoms with E-state index in [4.69, 9.17) is 0 Å². The summed E-state index contributed by atoms with van der Waals surface area (Å²) < 4.78 is 0. The minimum atomic E-state index is -0.857. The Morgan fingerprint density at radius 3 is 2.54 bits per heavy atom. The van der Waals surface area contributed by atoms with Gasteiger partial charge < -0.3 is 5.11 Å². The van der Waals surface area contributed by atoms with Gasteiger partial charge in [-0.3, -0.25) is 4.90 Å². The number of nitrogens with zero attached hydrogens (tertiary/aromatic N) is 3. The highest BCUT2D eigenvalue weighted by Gasteiger charge is 2.23. The Balaban J connectivity index is 1.38. The molecular formula is C23H29N3O2. The van der Waals surface area contributed by atoms with Crippen molar-refractivity contribution in [2.45, 2.75) is 63.3 Å². The molecule has 0 radical (unpaired) electrons. The molecular weight excluding hydrogens is 350 g/mol. The van der Waals surface area contributed by atoms with Gasteiger partial charge in [0.15, 0.2) is 0 Å². The summed E-state index contributed by atoms with van der Waals surface area (Å²) >= 11 is 0. The molecule has 0 bridgehead atoms. The van der Waals surface area contributed by atoms with Gasteiger partial charge in [0.1, 0.15) is 5.82 Å². The van der Waals surface area contributed by atoms with E-state index in [1.165, 1.54) is 37.7 Å². The molecule has 2 heterocycles. The van der Waals surface area contributed by atoms with E-state index < -0.39 is 5.97 Å². The van der Waals surface area contributed by atoms with Gasteiger partial charge in [0.2, 0.25) is 0 Å². The summed E-state index contributed by atoms with van der Waals surface area (Å²) in [6.07, 6.45) is 12.6. The first-order valence-electron chi connectivity index (χ1n) is 10.6. The molecule has 1 aliphatic heterocycles. The van der Waals surface area contributed by atoms with E-state index in [-0.39, 0.29) is 0 Å². The van der Waals surface area contributed by atoms with Crippen LogP contribution in [0.1, 0.15) is 84.1 Å². The van der Waals surface area contributed by atoms with Crippen LogP contribution in [0.15, 0.2) is 36.7 Å². The first-order valence-corrected chi connectivity index (χ1v) is 10.6. The fourth-order valence-electron chi connectivity index (χ4n) is 4.67. The van der Waals surface area contributed by atoms with Crippen LogP contribution < -0.4 is 0 Å². The summed E-state index contributed by atoms with van der Waals surface area (Å²) in [5.74, 6) is 1.09. The molecule has 148 valence electrons. The molecule has 1 aromatic heterocycles. The smallest absolute Gasteiger partial charge is 0.335 e. The zero-order valence-corrected chi connectivity index (χ0v) is 16.4. The van der Waals surface area contributed by atoms with E-state index in [1.807, 2.05) is 24.5 Å². The Morgan fingerprint density at radius 2 is 1.79 bits per heavy atom. The van der Waals surface area contributed by atoms with Gasteiger partial charge in [-0.1, -0.05) is 31.4 Å². The maximum Gasteiger partial charge on any atom is 0.335 e. The summed E-state index contributed by atoms with van der Waals surface area (Å²) in [6.45, 7) is 2.88. The van der Waals surface area contributed by atoms with Crippen LogP contribution in [0.25, 0.3) is 0 Å². The monoisotopic (exact) mass is 379 g/mol. The van der Waals surface area contributed by atoms with E-state index in [0.29, 0.717) is 17.4 Å². The third-order valence-corrected chi connectivity index (χ3v) is 6.21. The highest BCUT2D eigenvalue weighted by molar-refractivity contribution is 5.87. The number of benzene rings is 1. The van der Waals surface area contributed by atoms with Crippen molar-refractivity contribution >= 4 is 5.97 Å². The number of piperidine rings is 1. The van der Waals surface area contributed by atoms with Crippen LogP contribution in [-0.2, 0) is 6.54 Å². The first-order chi connectivity index (χ1) is 13.7. The number of likely N-dealkylation sites (tertiary alicyclic amines) is 1. The summed E-state index contributed by atoms with van der Waals surface area (Å²) in [5.41, 5.74) is 2.68. The SMILES string of the molecule is O=C(O)c1cccc([C@@H]2CCCN(Cc3cnc(C4CCCCC4)nc3)C2)c1. The van der Waals surface area contributed by atoms with E-state index in [1.54, 1.807) is 6.07 Å². The third kappa shape index (κ3) is 4.58. The van der Waals surface area contributed by atoms with E-state index in [2.05, 4.69) is 20.9 Å². The van der Waals surface area contributed by atoms with Crippen molar-refractivity contribution in [1.82, 2.24) is 14.9 Å². The van der Waals surface area contributed by atoms with Crippen molar-refractivity contribution in [2.75, 3.05) is 13.1 Å². The molecule has 1 atom stereocenters. The molecule has 28 heavy (non-hydrogen) atoms. The molecule has 1 aliphatic carbocycles. The van der Waals surface area contributed by atoms with Gasteiger partial charge in [-0.2, -0.15) is 0 Å². The van der Waals surface area contributed by atoms with Crippen LogP contribution in [-0.4, -0.2) is 39.0 Å². The number of hydrogen-bond donors (Lipinski definition) is 1. The lowest BCUT2D eigenvalue weighted by atomic mass is 9.88. The van der Waals surface area contributed by atoms with Gasteiger partial charge in [-0.25, -0.2) is 14.8 Å². The molecule has 4 rings (SSSR count). The van der Waals surface area contributed by atoms with Gasteiger partial charge >= 0.3 is 5.97 Å². The molecule has 5 heteroatoms. The second-order valence-corrected chi connectivity index (χ2v) is 8.29. The molecule has 1 aromatic carbocycles. The number of carbonyl (C=O) groups is 1. The third-order valence-electron chi connectivity index (χ3n) is 6.21. The highest BCUT2D eigenvalue weighted by Crippen LogP contribution is 2.31. The molecule has 2 aliphatic rings. The van der Waals surface area contributed by atoms with Crippen molar-refractivity contribution in [3.05, 3.63) is 59.2 Å². The zero-order valence-electron chi connectivity index (χ0n) is 16.4. The summed E-state index contributed by atoms with van der Waals surface area (Å²) in [6, 6.07) is 7.41. The highest BCUT2D eigenvalue weighted by atomic mass is 16.4. The largest absolute Gasteiger partial charge is 0.478 e. The van der Waals surface area contributed by atoms with Crippen LogP contribution in [0.3, 0.4) is 0 Å². The van der Waals surface area contributed by atoms with E-state index >= 15 is 0 Å². The molecule has 2 aromatic rings. The minimum Gasteiger partial charge on any atom is -0.478 e. The standard InChI is InChI=1S/C23H29N3O2/c27-23(28)20-9-4-8-19(12-20)21-10-5-11-26(16-21)15-17-13-24-22(25-14-17)18-6-2-1-3-7-18/h4,8-9,12-14,18,21H,1-3,5-7,10-11,15-16H2,(H,27,28)/t21-/m1/s1. The average molecular weight is 380 g/mol. The van der Waals surface area contributed by atoms with Gasteiger partial charge in [0.25, 0.3) is 0 Å². The van der Waals surface area contributed by atoms with Crippen LogP contribution in [0.5, 0.6) is 0 Å². The topological polar surface area (TPSA) is 66.3 Å². The summed E-state index contributed by atoms with van der Waals surface area (Å²) in [4.78, 5) is 23.0. The predicted molar refractivity (Wildman–Crippen MR) is 109 cm³/mol. The Hall–Kier alpha value is -2.27. The molecule has 1 saturated carbocycles. The van der Waals surface area contributed by atoms with Crippen molar-refractivity contribution in [3.8, 4) is 0 Å². The molecule has 1 saturated heterocycles. The van der Waals surface area contributed by atoms with Gasteiger partial charge in [-0.15, -0.1) is 0 Å². The molecule has 5 nitrogen and oxygen atoms in total. The number of hydrogen-bond acceptors (Lipinski definition) is 4. The number of rotatable bonds is 5. The van der Waals surface area contributed by atoms with Crippen molar-refractivity contribution < 1.29 is 9.90 Å². The fourth-order valence-corrected chi connectivity index (χ4v) is 4.67. The van der Waals surface area contributed by atoms with Gasteiger partial charge in [-0.05, 0) is 55.8 Å².